The summed E-state index contributed by atoms with van der Waals surface area (Å²) in [6.07, 6.45) is 8.05. The summed E-state index contributed by atoms with van der Waals surface area (Å²) in [5, 5.41) is 0. The number of likely N-dealkylation sites (tertiary alicyclic amines) is 1. The third-order valence-corrected chi connectivity index (χ3v) is 5.40. The first kappa shape index (κ1) is 16.1. The lowest BCUT2D eigenvalue weighted by Crippen LogP contribution is -2.33. The molecule has 3 rings (SSSR count). The van der Waals surface area contributed by atoms with Gasteiger partial charge in [-0.05, 0) is 73.3 Å². The molecule has 0 saturated carbocycles. The fourth-order valence-corrected chi connectivity index (χ4v) is 3.78. The van der Waals surface area contributed by atoms with Gasteiger partial charge in [0.05, 0.1) is 4.47 Å². The van der Waals surface area contributed by atoms with Gasteiger partial charge >= 0.3 is 0 Å². The first-order valence-corrected chi connectivity index (χ1v) is 9.52. The second kappa shape index (κ2) is 8.21. The van der Waals surface area contributed by atoms with Crippen LogP contribution in [0.2, 0.25) is 0 Å². The minimum absolute atomic E-state index is 0.780. The molecule has 2 heterocycles. The Morgan fingerprint density at radius 2 is 1.59 bits per heavy atom. The smallest absolute Gasteiger partial charge is 0.135 e. The largest absolute Gasteiger partial charge is 0.491 e. The molecule has 1 aromatic rings. The van der Waals surface area contributed by atoms with Gasteiger partial charge in [-0.2, -0.15) is 0 Å². The van der Waals surface area contributed by atoms with E-state index in [4.69, 9.17) is 4.74 Å². The molecule has 0 aromatic heterocycles. The summed E-state index contributed by atoms with van der Waals surface area (Å²) in [7, 11) is 0. The molecule has 3 nitrogen and oxygen atoms in total. The van der Waals surface area contributed by atoms with Gasteiger partial charge in [-0.25, -0.2) is 0 Å². The second-order valence-electron chi connectivity index (χ2n) is 6.41. The first-order chi connectivity index (χ1) is 10.8. The van der Waals surface area contributed by atoms with E-state index in [1.54, 1.807) is 0 Å². The van der Waals surface area contributed by atoms with Gasteiger partial charge in [0.2, 0.25) is 0 Å². The Morgan fingerprint density at radius 3 is 2.32 bits per heavy atom. The Labute approximate surface area is 142 Å². The van der Waals surface area contributed by atoms with Gasteiger partial charge in [0, 0.05) is 31.4 Å². The maximum atomic E-state index is 6.06. The molecule has 22 heavy (non-hydrogen) atoms. The van der Waals surface area contributed by atoms with E-state index in [9.17, 15) is 0 Å². The van der Waals surface area contributed by atoms with Gasteiger partial charge in [0.15, 0.2) is 0 Å². The molecule has 0 amide bonds. The second-order valence-corrected chi connectivity index (χ2v) is 7.27. The molecule has 1 aromatic carbocycles. The van der Waals surface area contributed by atoms with Crippen molar-refractivity contribution in [2.75, 3.05) is 44.2 Å². The van der Waals surface area contributed by atoms with E-state index >= 15 is 0 Å². The van der Waals surface area contributed by atoms with Crippen molar-refractivity contribution in [1.82, 2.24) is 4.90 Å². The monoisotopic (exact) mass is 366 g/mol. The number of hydrogen-bond donors (Lipinski definition) is 0. The van der Waals surface area contributed by atoms with E-state index in [1.165, 1.54) is 70.4 Å². The van der Waals surface area contributed by atoms with Crippen LogP contribution in [0.15, 0.2) is 22.7 Å². The van der Waals surface area contributed by atoms with Gasteiger partial charge in [-0.15, -0.1) is 0 Å². The van der Waals surface area contributed by atoms with Crippen molar-refractivity contribution < 1.29 is 4.74 Å². The Kier molecular flexibility index (Phi) is 6.02. The lowest BCUT2D eigenvalue weighted by Gasteiger charge is -2.29. The summed E-state index contributed by atoms with van der Waals surface area (Å²) in [6.45, 7) is 6.64. The molecule has 0 radical (unpaired) electrons. The molecular formula is C18H27BrN2O. The molecule has 2 aliphatic heterocycles. The van der Waals surface area contributed by atoms with E-state index < -0.39 is 0 Å². The number of piperidine rings is 2. The van der Waals surface area contributed by atoms with Crippen LogP contribution in [0, 0.1) is 0 Å². The Balaban J connectivity index is 1.55. The SMILES string of the molecule is Brc1ccc(N2CCCCC2)cc1OCCN1CCCCC1. The lowest BCUT2D eigenvalue weighted by molar-refractivity contribution is 0.183. The van der Waals surface area contributed by atoms with E-state index in [2.05, 4.69) is 43.9 Å². The number of ether oxygens (including phenoxy) is 1. The van der Waals surface area contributed by atoms with Crippen molar-refractivity contribution in [1.29, 1.82) is 0 Å². The van der Waals surface area contributed by atoms with Crippen LogP contribution in [0.5, 0.6) is 5.75 Å². The molecule has 0 unspecified atom stereocenters. The van der Waals surface area contributed by atoms with Crippen LogP contribution in [0.3, 0.4) is 0 Å². The van der Waals surface area contributed by atoms with E-state index in [-0.39, 0.29) is 0 Å². The fourth-order valence-electron chi connectivity index (χ4n) is 3.42. The summed E-state index contributed by atoms with van der Waals surface area (Å²) in [6, 6.07) is 6.53. The zero-order valence-corrected chi connectivity index (χ0v) is 15.0. The highest BCUT2D eigenvalue weighted by Crippen LogP contribution is 2.31. The van der Waals surface area contributed by atoms with Crippen molar-refractivity contribution in [3.63, 3.8) is 0 Å². The minimum Gasteiger partial charge on any atom is -0.491 e. The van der Waals surface area contributed by atoms with Crippen molar-refractivity contribution in [3.8, 4) is 5.75 Å². The predicted octanol–water partition coefficient (Wildman–Crippen LogP) is 4.30. The van der Waals surface area contributed by atoms with Crippen LogP contribution in [-0.4, -0.2) is 44.2 Å². The summed E-state index contributed by atoms with van der Waals surface area (Å²) < 4.78 is 7.12. The third kappa shape index (κ3) is 4.39. The highest BCUT2D eigenvalue weighted by Gasteiger charge is 2.14. The molecule has 0 spiro atoms. The molecule has 0 atom stereocenters. The number of benzene rings is 1. The maximum Gasteiger partial charge on any atom is 0.135 e. The average Bonchev–Trinajstić information content (AvgIpc) is 2.58. The standard InChI is InChI=1S/C18H27BrN2O/c19-17-8-7-16(21-11-5-2-6-12-21)15-18(17)22-14-13-20-9-3-1-4-10-20/h7-8,15H,1-6,9-14H2. The number of halogens is 1. The predicted molar refractivity (Wildman–Crippen MR) is 96.0 cm³/mol. The molecular weight excluding hydrogens is 340 g/mol. The van der Waals surface area contributed by atoms with Crippen LogP contribution in [-0.2, 0) is 0 Å². The fraction of sp³-hybridized carbons (Fsp3) is 0.667. The molecule has 0 aliphatic carbocycles. The van der Waals surface area contributed by atoms with Crippen LogP contribution in [0.25, 0.3) is 0 Å². The Bertz CT molecular complexity index is 468. The average molecular weight is 367 g/mol. The molecule has 2 saturated heterocycles. The van der Waals surface area contributed by atoms with Crippen molar-refractivity contribution in [3.05, 3.63) is 22.7 Å². The molecule has 0 bridgehead atoms. The van der Waals surface area contributed by atoms with Crippen LogP contribution >= 0.6 is 15.9 Å². The summed E-state index contributed by atoms with van der Waals surface area (Å²) in [4.78, 5) is 5.00. The first-order valence-electron chi connectivity index (χ1n) is 8.72. The summed E-state index contributed by atoms with van der Waals surface area (Å²) in [5.41, 5.74) is 1.30. The Hall–Kier alpha value is -0.740. The molecule has 4 heteroatoms. The lowest BCUT2D eigenvalue weighted by atomic mass is 10.1. The van der Waals surface area contributed by atoms with Gasteiger partial charge in [0.1, 0.15) is 12.4 Å². The number of rotatable bonds is 5. The van der Waals surface area contributed by atoms with E-state index in [0.29, 0.717) is 0 Å². The van der Waals surface area contributed by atoms with Crippen LogP contribution in [0.4, 0.5) is 5.69 Å². The maximum absolute atomic E-state index is 6.06. The van der Waals surface area contributed by atoms with E-state index in [1.807, 2.05) is 0 Å². The summed E-state index contributed by atoms with van der Waals surface area (Å²) in [5.74, 6) is 0.986. The van der Waals surface area contributed by atoms with Gasteiger partial charge in [-0.1, -0.05) is 6.42 Å². The molecule has 2 fully saturated rings. The van der Waals surface area contributed by atoms with Crippen molar-refractivity contribution >= 4 is 21.6 Å². The topological polar surface area (TPSA) is 15.7 Å². The molecule has 122 valence electrons. The van der Waals surface area contributed by atoms with Gasteiger partial charge < -0.3 is 9.64 Å². The van der Waals surface area contributed by atoms with Crippen molar-refractivity contribution in [2.24, 2.45) is 0 Å². The number of anilines is 1. The highest BCUT2D eigenvalue weighted by atomic mass is 79.9. The van der Waals surface area contributed by atoms with Gasteiger partial charge in [-0.3, -0.25) is 4.90 Å². The van der Waals surface area contributed by atoms with Crippen LogP contribution in [0.1, 0.15) is 38.5 Å². The highest BCUT2D eigenvalue weighted by molar-refractivity contribution is 9.10. The summed E-state index contributed by atoms with van der Waals surface area (Å²) >= 11 is 3.62. The van der Waals surface area contributed by atoms with Crippen molar-refractivity contribution in [2.45, 2.75) is 38.5 Å². The number of nitrogens with zero attached hydrogens (tertiary/aromatic N) is 2. The third-order valence-electron chi connectivity index (χ3n) is 4.75. The van der Waals surface area contributed by atoms with E-state index in [0.717, 1.165) is 23.4 Å². The normalized spacial score (nSPS) is 20.1. The molecule has 0 N–H and O–H groups in total. The molecule has 2 aliphatic rings. The quantitative estimate of drug-likeness (QED) is 0.772. The zero-order valence-electron chi connectivity index (χ0n) is 13.4. The van der Waals surface area contributed by atoms with Crippen LogP contribution < -0.4 is 9.64 Å². The zero-order chi connectivity index (χ0) is 15.2. The minimum atomic E-state index is 0.780. The Morgan fingerprint density at radius 1 is 0.909 bits per heavy atom. The number of hydrogen-bond acceptors (Lipinski definition) is 3. The van der Waals surface area contributed by atoms with Gasteiger partial charge in [0.25, 0.3) is 0 Å².